The third kappa shape index (κ3) is 3.79. The van der Waals surface area contributed by atoms with E-state index in [1.54, 1.807) is 24.3 Å². The molecule has 0 aromatic carbocycles. The number of thiazole rings is 1. The van der Waals surface area contributed by atoms with Gasteiger partial charge in [0.2, 0.25) is 5.91 Å². The van der Waals surface area contributed by atoms with Gasteiger partial charge in [-0.3, -0.25) is 9.59 Å². The number of aromatic nitrogens is 1. The van der Waals surface area contributed by atoms with Crippen LogP contribution in [0, 0.1) is 5.92 Å². The van der Waals surface area contributed by atoms with Gasteiger partial charge in [0.25, 0.3) is 5.91 Å². The fourth-order valence-electron chi connectivity index (χ4n) is 2.55. The number of amides is 2. The van der Waals surface area contributed by atoms with Crippen molar-refractivity contribution in [2.45, 2.75) is 39.2 Å². The van der Waals surface area contributed by atoms with Crippen LogP contribution in [0.5, 0.6) is 0 Å². The minimum absolute atomic E-state index is 0.227. The van der Waals surface area contributed by atoms with Crippen LogP contribution in [0.15, 0.2) is 17.5 Å². The van der Waals surface area contributed by atoms with Gasteiger partial charge in [-0.05, 0) is 43.6 Å². The molecular formula is C16H19N3O2S2. The van der Waals surface area contributed by atoms with Crippen molar-refractivity contribution in [3.05, 3.63) is 33.0 Å². The number of aryl methyl sites for hydroxylation is 1. The van der Waals surface area contributed by atoms with Crippen LogP contribution in [-0.4, -0.2) is 22.8 Å². The molecule has 2 N–H and O–H groups in total. The Hall–Kier alpha value is -1.73. The highest BCUT2D eigenvalue weighted by Crippen LogP contribution is 2.32. The second-order valence-electron chi connectivity index (χ2n) is 5.90. The zero-order valence-corrected chi connectivity index (χ0v) is 14.7. The number of fused-ring (bicyclic) bond motifs is 1. The van der Waals surface area contributed by atoms with Crippen molar-refractivity contribution in [1.29, 1.82) is 0 Å². The summed E-state index contributed by atoms with van der Waals surface area (Å²) in [6.45, 7) is 3.92. The molecule has 0 aliphatic heterocycles. The van der Waals surface area contributed by atoms with E-state index in [1.807, 2.05) is 11.4 Å². The minimum atomic E-state index is -0.607. The van der Waals surface area contributed by atoms with Gasteiger partial charge in [0, 0.05) is 4.88 Å². The zero-order valence-electron chi connectivity index (χ0n) is 13.1. The number of rotatable bonds is 4. The molecule has 0 spiro atoms. The Bertz CT molecular complexity index is 709. The van der Waals surface area contributed by atoms with E-state index in [9.17, 15) is 9.59 Å². The molecular weight excluding hydrogens is 330 g/mol. The third-order valence-electron chi connectivity index (χ3n) is 3.90. The molecule has 1 aliphatic rings. The number of carbonyl (C=O) groups excluding carboxylic acids is 2. The lowest BCUT2D eigenvalue weighted by atomic mass is 9.93. The molecule has 0 saturated carbocycles. The molecule has 2 atom stereocenters. The Morgan fingerprint density at radius 1 is 1.43 bits per heavy atom. The van der Waals surface area contributed by atoms with Crippen LogP contribution in [0.1, 0.15) is 40.5 Å². The first-order chi connectivity index (χ1) is 11.0. The molecule has 5 nitrogen and oxygen atoms in total. The summed E-state index contributed by atoms with van der Waals surface area (Å²) in [5.41, 5.74) is 1.11. The summed E-state index contributed by atoms with van der Waals surface area (Å²) in [5.74, 6) is 0.208. The highest BCUT2D eigenvalue weighted by atomic mass is 32.1. The minimum Gasteiger partial charge on any atom is -0.340 e. The van der Waals surface area contributed by atoms with Crippen LogP contribution in [0.25, 0.3) is 0 Å². The molecule has 1 aliphatic carbocycles. The van der Waals surface area contributed by atoms with Crippen molar-refractivity contribution in [3.63, 3.8) is 0 Å². The number of nitrogens with zero attached hydrogens (tertiary/aromatic N) is 1. The summed E-state index contributed by atoms with van der Waals surface area (Å²) >= 11 is 2.90. The van der Waals surface area contributed by atoms with Gasteiger partial charge in [-0.2, -0.15) is 0 Å². The topological polar surface area (TPSA) is 71.1 Å². The third-order valence-corrected chi connectivity index (χ3v) is 5.81. The maximum Gasteiger partial charge on any atom is 0.261 e. The molecule has 2 amide bonds. The Balaban J connectivity index is 1.59. The number of carbonyl (C=O) groups is 2. The van der Waals surface area contributed by atoms with Crippen LogP contribution in [0.3, 0.4) is 0 Å². The van der Waals surface area contributed by atoms with Gasteiger partial charge in [0.15, 0.2) is 5.13 Å². The molecule has 0 bridgehead atoms. The van der Waals surface area contributed by atoms with Crippen LogP contribution < -0.4 is 10.6 Å². The fraction of sp³-hybridized carbons (Fsp3) is 0.438. The van der Waals surface area contributed by atoms with Crippen molar-refractivity contribution in [2.24, 2.45) is 5.92 Å². The Morgan fingerprint density at radius 3 is 3.00 bits per heavy atom. The van der Waals surface area contributed by atoms with E-state index in [4.69, 9.17) is 0 Å². The number of hydrogen-bond donors (Lipinski definition) is 2. The average molecular weight is 349 g/mol. The fourth-order valence-corrected chi connectivity index (χ4v) is 4.35. The van der Waals surface area contributed by atoms with Gasteiger partial charge in [-0.25, -0.2) is 4.98 Å². The standard InChI is InChI=1S/C16H19N3O2S2/c1-9-5-6-11-13(8-9)23-16(18-11)19-14(20)10(2)17-15(21)12-4-3-7-22-12/h3-4,7,9-10H,5-6,8H2,1-2H3,(H,17,21)(H,18,19,20). The molecule has 2 aromatic rings. The molecule has 0 fully saturated rings. The lowest BCUT2D eigenvalue weighted by Gasteiger charge is -2.15. The van der Waals surface area contributed by atoms with Crippen molar-refractivity contribution >= 4 is 39.6 Å². The maximum atomic E-state index is 12.2. The van der Waals surface area contributed by atoms with Gasteiger partial charge < -0.3 is 10.6 Å². The van der Waals surface area contributed by atoms with Crippen LogP contribution in [0.2, 0.25) is 0 Å². The predicted octanol–water partition coefficient (Wildman–Crippen LogP) is 3.09. The van der Waals surface area contributed by atoms with Crippen molar-refractivity contribution < 1.29 is 9.59 Å². The number of anilines is 1. The van der Waals surface area contributed by atoms with E-state index in [2.05, 4.69) is 22.5 Å². The van der Waals surface area contributed by atoms with Crippen molar-refractivity contribution in [2.75, 3.05) is 5.32 Å². The van der Waals surface area contributed by atoms with Crippen LogP contribution >= 0.6 is 22.7 Å². The predicted molar refractivity (Wildman–Crippen MR) is 93.2 cm³/mol. The molecule has 7 heteroatoms. The quantitative estimate of drug-likeness (QED) is 0.891. The normalized spacial score (nSPS) is 18.1. The summed E-state index contributed by atoms with van der Waals surface area (Å²) in [6, 6.07) is 2.94. The Kier molecular flexibility index (Phi) is 4.77. The Labute approximate surface area is 143 Å². The van der Waals surface area contributed by atoms with E-state index >= 15 is 0 Å². The number of nitrogens with one attached hydrogen (secondary N) is 2. The van der Waals surface area contributed by atoms with Crippen LogP contribution in [0.4, 0.5) is 5.13 Å². The first-order valence-electron chi connectivity index (χ1n) is 7.66. The van der Waals surface area contributed by atoms with E-state index in [0.29, 0.717) is 15.9 Å². The lowest BCUT2D eigenvalue weighted by molar-refractivity contribution is -0.117. The molecule has 122 valence electrons. The molecule has 0 radical (unpaired) electrons. The average Bonchev–Trinajstić information content (AvgIpc) is 3.15. The molecule has 2 heterocycles. The maximum absolute atomic E-state index is 12.2. The molecule has 0 saturated heterocycles. The highest BCUT2D eigenvalue weighted by Gasteiger charge is 2.22. The lowest BCUT2D eigenvalue weighted by Crippen LogP contribution is -2.41. The van der Waals surface area contributed by atoms with Gasteiger partial charge in [-0.1, -0.05) is 13.0 Å². The largest absolute Gasteiger partial charge is 0.340 e. The Morgan fingerprint density at radius 2 is 2.26 bits per heavy atom. The summed E-state index contributed by atoms with van der Waals surface area (Å²) < 4.78 is 0. The van der Waals surface area contributed by atoms with E-state index in [1.165, 1.54) is 16.2 Å². The zero-order chi connectivity index (χ0) is 16.4. The van der Waals surface area contributed by atoms with Gasteiger partial charge in [-0.15, -0.1) is 22.7 Å². The molecule has 3 rings (SSSR count). The monoisotopic (exact) mass is 349 g/mol. The number of hydrogen-bond acceptors (Lipinski definition) is 5. The summed E-state index contributed by atoms with van der Waals surface area (Å²) in [5, 5.41) is 7.99. The van der Waals surface area contributed by atoms with E-state index in [-0.39, 0.29) is 11.8 Å². The van der Waals surface area contributed by atoms with E-state index in [0.717, 1.165) is 25.0 Å². The summed E-state index contributed by atoms with van der Waals surface area (Å²) in [7, 11) is 0. The highest BCUT2D eigenvalue weighted by molar-refractivity contribution is 7.15. The molecule has 23 heavy (non-hydrogen) atoms. The van der Waals surface area contributed by atoms with Gasteiger partial charge in [0.1, 0.15) is 6.04 Å². The molecule has 2 unspecified atom stereocenters. The first kappa shape index (κ1) is 16.1. The number of thiophene rings is 1. The van der Waals surface area contributed by atoms with Gasteiger partial charge in [0.05, 0.1) is 10.6 Å². The SMILES string of the molecule is CC1CCc2nc(NC(=O)C(C)NC(=O)c3cccs3)sc2C1. The second kappa shape index (κ2) is 6.80. The first-order valence-corrected chi connectivity index (χ1v) is 9.36. The van der Waals surface area contributed by atoms with Crippen molar-refractivity contribution in [3.8, 4) is 0 Å². The second-order valence-corrected chi connectivity index (χ2v) is 7.93. The van der Waals surface area contributed by atoms with Gasteiger partial charge >= 0.3 is 0 Å². The smallest absolute Gasteiger partial charge is 0.261 e. The summed E-state index contributed by atoms with van der Waals surface area (Å²) in [6.07, 6.45) is 3.17. The van der Waals surface area contributed by atoms with E-state index < -0.39 is 6.04 Å². The van der Waals surface area contributed by atoms with Crippen LogP contribution in [-0.2, 0) is 17.6 Å². The summed E-state index contributed by atoms with van der Waals surface area (Å²) in [4.78, 5) is 30.6. The van der Waals surface area contributed by atoms with Crippen molar-refractivity contribution in [1.82, 2.24) is 10.3 Å². The molecule has 2 aromatic heterocycles.